The van der Waals surface area contributed by atoms with Gasteiger partial charge in [-0.15, -0.1) is 0 Å². The number of carbonyl (C=O) groups excluding carboxylic acids is 2. The van der Waals surface area contributed by atoms with Crippen molar-refractivity contribution in [1.82, 2.24) is 9.97 Å². The van der Waals surface area contributed by atoms with Crippen molar-refractivity contribution in [3.05, 3.63) is 11.9 Å². The predicted octanol–water partition coefficient (Wildman–Crippen LogP) is 1.64. The number of hydrogen-bond donors (Lipinski definition) is 1. The number of ether oxygens (including phenoxy) is 2. The minimum absolute atomic E-state index is 0.0473. The highest BCUT2D eigenvalue weighted by atomic mass is 16.6. The first-order chi connectivity index (χ1) is 8.37. The van der Waals surface area contributed by atoms with Crippen LogP contribution < -0.4 is 10.1 Å². The first kappa shape index (κ1) is 13.9. The molecule has 1 rings (SSSR count). The average molecular weight is 253 g/mol. The number of hydrogen-bond acceptors (Lipinski definition) is 6. The van der Waals surface area contributed by atoms with E-state index in [0.29, 0.717) is 6.29 Å². The Hall–Kier alpha value is -2.18. The Labute approximate surface area is 105 Å². The minimum atomic E-state index is -0.702. The van der Waals surface area contributed by atoms with Crippen molar-refractivity contribution in [3.63, 3.8) is 0 Å². The van der Waals surface area contributed by atoms with Crippen LogP contribution in [0, 0.1) is 0 Å². The smallest absolute Gasteiger partial charge is 0.413 e. The Morgan fingerprint density at radius 3 is 2.56 bits per heavy atom. The summed E-state index contributed by atoms with van der Waals surface area (Å²) in [5.74, 6) is 0.136. The highest BCUT2D eigenvalue weighted by molar-refractivity contribution is 5.93. The molecule has 0 aliphatic rings. The van der Waals surface area contributed by atoms with Crippen LogP contribution >= 0.6 is 0 Å². The van der Waals surface area contributed by atoms with Gasteiger partial charge >= 0.3 is 6.09 Å². The molecule has 0 aromatic carbocycles. The molecule has 18 heavy (non-hydrogen) atoms. The van der Waals surface area contributed by atoms with Crippen molar-refractivity contribution in [2.45, 2.75) is 26.4 Å². The monoisotopic (exact) mass is 253 g/mol. The number of aromatic nitrogens is 2. The van der Waals surface area contributed by atoms with Gasteiger partial charge in [-0.1, -0.05) is 0 Å². The predicted molar refractivity (Wildman–Crippen MR) is 63.8 cm³/mol. The maximum absolute atomic E-state index is 11.5. The van der Waals surface area contributed by atoms with E-state index in [4.69, 9.17) is 9.47 Å². The minimum Gasteiger partial charge on any atom is -0.480 e. The fourth-order valence-corrected chi connectivity index (χ4v) is 1.15. The van der Waals surface area contributed by atoms with Gasteiger partial charge in [0, 0.05) is 0 Å². The molecule has 1 heterocycles. The molecular formula is C11H15N3O4. The normalized spacial score (nSPS) is 10.7. The molecule has 0 atom stereocenters. The van der Waals surface area contributed by atoms with E-state index >= 15 is 0 Å². The van der Waals surface area contributed by atoms with Crippen LogP contribution in [0.25, 0.3) is 0 Å². The SMILES string of the molecule is COc1ncnc(NC(=O)OC(C)(C)C)c1C=O. The standard InChI is InChI=1S/C11H15N3O4/c1-11(2,3)18-10(16)14-8-7(5-15)9(17-4)13-6-12-8/h5-6H,1-4H3,(H,12,13,14,16). The summed E-state index contributed by atoms with van der Waals surface area (Å²) in [6.45, 7) is 5.19. The van der Waals surface area contributed by atoms with E-state index in [2.05, 4.69) is 15.3 Å². The molecule has 0 fully saturated rings. The second kappa shape index (κ2) is 5.44. The van der Waals surface area contributed by atoms with Gasteiger partial charge in [0.05, 0.1) is 7.11 Å². The molecule has 98 valence electrons. The maximum atomic E-state index is 11.5. The number of anilines is 1. The Balaban J connectivity index is 2.91. The molecule has 0 spiro atoms. The third-order valence-corrected chi connectivity index (χ3v) is 1.78. The van der Waals surface area contributed by atoms with E-state index in [9.17, 15) is 9.59 Å². The third-order valence-electron chi connectivity index (χ3n) is 1.78. The zero-order valence-electron chi connectivity index (χ0n) is 10.7. The van der Waals surface area contributed by atoms with Gasteiger partial charge in [0.2, 0.25) is 5.88 Å². The molecule has 1 aromatic rings. The molecule has 7 heteroatoms. The van der Waals surface area contributed by atoms with Gasteiger partial charge in [0.1, 0.15) is 17.5 Å². The lowest BCUT2D eigenvalue weighted by atomic mass is 10.2. The highest BCUT2D eigenvalue weighted by Gasteiger charge is 2.19. The van der Waals surface area contributed by atoms with E-state index < -0.39 is 11.7 Å². The van der Waals surface area contributed by atoms with Gasteiger partial charge in [0.25, 0.3) is 0 Å². The first-order valence-electron chi connectivity index (χ1n) is 5.21. The van der Waals surface area contributed by atoms with Crippen molar-refractivity contribution < 1.29 is 19.1 Å². The molecule has 0 saturated heterocycles. The molecule has 1 aromatic heterocycles. The molecule has 1 amide bonds. The fourth-order valence-electron chi connectivity index (χ4n) is 1.15. The lowest BCUT2D eigenvalue weighted by Crippen LogP contribution is -2.28. The first-order valence-corrected chi connectivity index (χ1v) is 5.21. The van der Waals surface area contributed by atoms with Crippen molar-refractivity contribution in [2.75, 3.05) is 12.4 Å². The van der Waals surface area contributed by atoms with Crippen molar-refractivity contribution in [1.29, 1.82) is 0 Å². The summed E-state index contributed by atoms with van der Waals surface area (Å²) >= 11 is 0. The topological polar surface area (TPSA) is 90.4 Å². The highest BCUT2D eigenvalue weighted by Crippen LogP contribution is 2.19. The van der Waals surface area contributed by atoms with Crippen LogP contribution in [0.3, 0.4) is 0 Å². The van der Waals surface area contributed by atoms with Crippen molar-refractivity contribution in [3.8, 4) is 5.88 Å². The lowest BCUT2D eigenvalue weighted by molar-refractivity contribution is 0.0635. The summed E-state index contributed by atoms with van der Waals surface area (Å²) in [7, 11) is 1.37. The zero-order chi connectivity index (χ0) is 13.8. The summed E-state index contributed by atoms with van der Waals surface area (Å²) in [6.07, 6.45) is 0.982. The summed E-state index contributed by atoms with van der Waals surface area (Å²) in [5, 5.41) is 2.37. The lowest BCUT2D eigenvalue weighted by Gasteiger charge is -2.19. The van der Waals surface area contributed by atoms with Crippen LogP contribution in [0.1, 0.15) is 31.1 Å². The second-order valence-electron chi connectivity index (χ2n) is 4.39. The van der Waals surface area contributed by atoms with E-state index in [1.165, 1.54) is 13.4 Å². The van der Waals surface area contributed by atoms with Crippen LogP contribution in [0.15, 0.2) is 6.33 Å². The van der Waals surface area contributed by atoms with Crippen LogP contribution in [0.4, 0.5) is 10.6 Å². The van der Waals surface area contributed by atoms with Gasteiger partial charge < -0.3 is 9.47 Å². The Morgan fingerprint density at radius 2 is 2.06 bits per heavy atom. The Morgan fingerprint density at radius 1 is 1.39 bits per heavy atom. The number of aldehydes is 1. The summed E-state index contributed by atoms with van der Waals surface area (Å²) in [4.78, 5) is 30.0. The van der Waals surface area contributed by atoms with Gasteiger partial charge in [-0.3, -0.25) is 10.1 Å². The third kappa shape index (κ3) is 3.69. The number of methoxy groups -OCH3 is 1. The number of rotatable bonds is 3. The molecule has 0 radical (unpaired) electrons. The average Bonchev–Trinajstić information content (AvgIpc) is 2.25. The molecule has 0 unspecified atom stereocenters. The number of amides is 1. The van der Waals surface area contributed by atoms with Crippen LogP contribution in [0.2, 0.25) is 0 Å². The fraction of sp³-hybridized carbons (Fsp3) is 0.455. The van der Waals surface area contributed by atoms with E-state index in [1.54, 1.807) is 20.8 Å². The number of nitrogens with zero attached hydrogens (tertiary/aromatic N) is 2. The summed E-state index contributed by atoms with van der Waals surface area (Å²) in [6, 6.07) is 0. The van der Waals surface area contributed by atoms with E-state index in [-0.39, 0.29) is 17.3 Å². The van der Waals surface area contributed by atoms with Crippen LogP contribution in [-0.4, -0.2) is 35.1 Å². The molecule has 1 N–H and O–H groups in total. The number of carbonyl (C=O) groups is 2. The maximum Gasteiger partial charge on any atom is 0.413 e. The molecule has 0 aliphatic carbocycles. The molecule has 0 aliphatic heterocycles. The largest absolute Gasteiger partial charge is 0.480 e. The molecule has 0 saturated carbocycles. The van der Waals surface area contributed by atoms with Gasteiger partial charge in [0.15, 0.2) is 12.1 Å². The zero-order valence-corrected chi connectivity index (χ0v) is 10.7. The number of nitrogens with one attached hydrogen (secondary N) is 1. The van der Waals surface area contributed by atoms with Gasteiger partial charge in [-0.05, 0) is 20.8 Å². The van der Waals surface area contributed by atoms with E-state index in [1.807, 2.05) is 0 Å². The summed E-state index contributed by atoms with van der Waals surface area (Å²) in [5.41, 5.74) is -0.575. The quantitative estimate of drug-likeness (QED) is 0.823. The molecule has 0 bridgehead atoms. The Bertz CT molecular complexity index is 454. The van der Waals surface area contributed by atoms with E-state index in [0.717, 1.165) is 0 Å². The Kier molecular flexibility index (Phi) is 4.19. The van der Waals surface area contributed by atoms with Crippen molar-refractivity contribution >= 4 is 18.2 Å². The second-order valence-corrected chi connectivity index (χ2v) is 4.39. The summed E-state index contributed by atoms with van der Waals surface area (Å²) < 4.78 is 9.93. The van der Waals surface area contributed by atoms with Crippen LogP contribution in [-0.2, 0) is 4.74 Å². The van der Waals surface area contributed by atoms with Gasteiger partial charge in [-0.2, -0.15) is 0 Å². The van der Waals surface area contributed by atoms with Crippen molar-refractivity contribution in [2.24, 2.45) is 0 Å². The van der Waals surface area contributed by atoms with Crippen LogP contribution in [0.5, 0.6) is 5.88 Å². The molecule has 7 nitrogen and oxygen atoms in total. The van der Waals surface area contributed by atoms with Gasteiger partial charge in [-0.25, -0.2) is 14.8 Å². The molecular weight excluding hydrogens is 238 g/mol.